The van der Waals surface area contributed by atoms with Crippen LogP contribution in [0.25, 0.3) is 0 Å². The quantitative estimate of drug-likeness (QED) is 0.781. The minimum absolute atomic E-state index is 0.182. The summed E-state index contributed by atoms with van der Waals surface area (Å²) in [6.07, 6.45) is 4.44. The highest BCUT2D eigenvalue weighted by Gasteiger charge is 2.27. The molecule has 2 aromatic rings. The lowest BCUT2D eigenvalue weighted by Gasteiger charge is -2.26. The Balaban J connectivity index is 1.50. The molecule has 0 spiro atoms. The van der Waals surface area contributed by atoms with Gasteiger partial charge in [0.2, 0.25) is 10.0 Å². The van der Waals surface area contributed by atoms with Gasteiger partial charge >= 0.3 is 0 Å². The molecular weight excluding hydrogens is 408 g/mol. The van der Waals surface area contributed by atoms with E-state index in [1.54, 1.807) is 29.5 Å². The molecule has 1 amide bonds. The molecule has 0 radical (unpaired) electrons. The summed E-state index contributed by atoms with van der Waals surface area (Å²) in [6.45, 7) is 3.71. The fourth-order valence-corrected chi connectivity index (χ4v) is 6.48. The fraction of sp³-hybridized carbons (Fsp3) is 0.476. The molecule has 1 fully saturated rings. The number of aryl methyl sites for hydroxylation is 1. The Morgan fingerprint density at radius 3 is 2.83 bits per heavy atom. The van der Waals surface area contributed by atoms with Crippen molar-refractivity contribution in [1.82, 2.24) is 4.31 Å². The number of nitrogens with one attached hydrogen (secondary N) is 1. The Morgan fingerprint density at radius 1 is 1.28 bits per heavy atom. The first-order chi connectivity index (χ1) is 14.0. The minimum Gasteiger partial charge on any atom is -0.379 e. The van der Waals surface area contributed by atoms with Crippen LogP contribution < -0.4 is 5.32 Å². The average molecular weight is 435 g/mol. The molecule has 2 heterocycles. The first-order valence-electron chi connectivity index (χ1n) is 10.1. The zero-order valence-corrected chi connectivity index (χ0v) is 18.2. The van der Waals surface area contributed by atoms with E-state index in [2.05, 4.69) is 12.2 Å². The van der Waals surface area contributed by atoms with Crippen LogP contribution in [0.1, 0.15) is 39.9 Å². The van der Waals surface area contributed by atoms with Crippen molar-refractivity contribution >= 4 is 33.0 Å². The van der Waals surface area contributed by atoms with Gasteiger partial charge in [0.25, 0.3) is 5.91 Å². The number of thiophene rings is 1. The number of anilines is 1. The molecule has 1 aliphatic carbocycles. The van der Waals surface area contributed by atoms with Gasteiger partial charge in [-0.25, -0.2) is 8.42 Å². The summed E-state index contributed by atoms with van der Waals surface area (Å²) in [5, 5.41) is 2.87. The summed E-state index contributed by atoms with van der Waals surface area (Å²) >= 11 is 1.56. The van der Waals surface area contributed by atoms with Crippen molar-refractivity contribution in [1.29, 1.82) is 0 Å². The number of rotatable bonds is 5. The maximum Gasteiger partial charge on any atom is 0.265 e. The lowest BCUT2D eigenvalue weighted by molar-refractivity contribution is 0.0730. The van der Waals surface area contributed by atoms with Crippen LogP contribution in [-0.4, -0.2) is 44.9 Å². The summed E-state index contributed by atoms with van der Waals surface area (Å²) < 4.78 is 32.4. The van der Waals surface area contributed by atoms with Crippen molar-refractivity contribution in [2.45, 2.75) is 37.5 Å². The number of sulfonamides is 1. The number of nitrogens with zero attached hydrogens (tertiary/aromatic N) is 1. The minimum atomic E-state index is -3.59. The van der Waals surface area contributed by atoms with E-state index in [0.717, 1.165) is 12.8 Å². The highest BCUT2D eigenvalue weighted by atomic mass is 32.2. The van der Waals surface area contributed by atoms with Crippen LogP contribution in [0.3, 0.4) is 0 Å². The molecule has 0 saturated carbocycles. The van der Waals surface area contributed by atoms with Crippen LogP contribution in [0.15, 0.2) is 35.2 Å². The molecule has 1 aromatic heterocycles. The summed E-state index contributed by atoms with van der Waals surface area (Å²) in [6, 6.07) is 8.48. The third-order valence-corrected chi connectivity index (χ3v) is 8.82. The second-order valence-corrected chi connectivity index (χ2v) is 10.6. The maximum atomic E-state index is 12.8. The van der Waals surface area contributed by atoms with Crippen molar-refractivity contribution in [3.63, 3.8) is 0 Å². The van der Waals surface area contributed by atoms with Crippen molar-refractivity contribution in [2.24, 2.45) is 5.92 Å². The first kappa shape index (κ1) is 20.5. The van der Waals surface area contributed by atoms with Crippen LogP contribution in [0.5, 0.6) is 0 Å². The zero-order chi connectivity index (χ0) is 20.4. The summed E-state index contributed by atoms with van der Waals surface area (Å²) in [5.41, 5.74) is 1.78. The number of hydrogen-bond acceptors (Lipinski definition) is 5. The first-order valence-corrected chi connectivity index (χ1v) is 12.3. The maximum absolute atomic E-state index is 12.8. The summed E-state index contributed by atoms with van der Waals surface area (Å²) in [4.78, 5) is 15.0. The van der Waals surface area contributed by atoms with Crippen LogP contribution in [0.2, 0.25) is 0 Å². The summed E-state index contributed by atoms with van der Waals surface area (Å²) in [5.74, 6) is 0.522. The monoisotopic (exact) mass is 434 g/mol. The van der Waals surface area contributed by atoms with Crippen molar-refractivity contribution in [3.8, 4) is 0 Å². The average Bonchev–Trinajstić information content (AvgIpc) is 3.18. The molecule has 1 saturated heterocycles. The number of hydrogen-bond donors (Lipinski definition) is 1. The van der Waals surface area contributed by atoms with E-state index in [-0.39, 0.29) is 10.8 Å². The van der Waals surface area contributed by atoms with Gasteiger partial charge < -0.3 is 10.1 Å². The van der Waals surface area contributed by atoms with Gasteiger partial charge in [0.05, 0.1) is 23.0 Å². The molecule has 1 N–H and O–H groups in total. The van der Waals surface area contributed by atoms with Gasteiger partial charge in [-0.05, 0) is 55.0 Å². The van der Waals surface area contributed by atoms with E-state index >= 15 is 0 Å². The zero-order valence-electron chi connectivity index (χ0n) is 16.5. The van der Waals surface area contributed by atoms with Gasteiger partial charge in [-0.15, -0.1) is 11.3 Å². The summed E-state index contributed by atoms with van der Waals surface area (Å²) in [7, 11) is -3.59. The van der Waals surface area contributed by atoms with Crippen LogP contribution >= 0.6 is 11.3 Å². The van der Waals surface area contributed by atoms with E-state index in [4.69, 9.17) is 4.74 Å². The molecule has 4 rings (SSSR count). The number of ether oxygens (including phenoxy) is 1. The Kier molecular flexibility index (Phi) is 6.06. The number of benzene rings is 1. The van der Waals surface area contributed by atoms with Gasteiger partial charge in [0, 0.05) is 23.7 Å². The van der Waals surface area contributed by atoms with Gasteiger partial charge in [0.15, 0.2) is 0 Å². The van der Waals surface area contributed by atoms with E-state index in [0.29, 0.717) is 42.8 Å². The van der Waals surface area contributed by atoms with Crippen LogP contribution in [0.4, 0.5) is 5.69 Å². The van der Waals surface area contributed by atoms with E-state index in [1.165, 1.54) is 33.7 Å². The van der Waals surface area contributed by atoms with E-state index in [9.17, 15) is 13.2 Å². The van der Waals surface area contributed by atoms with Gasteiger partial charge in [-0.3, -0.25) is 4.79 Å². The highest BCUT2D eigenvalue weighted by molar-refractivity contribution is 7.89. The molecule has 6 nitrogen and oxygen atoms in total. The Hall–Kier alpha value is -1.74. The third kappa shape index (κ3) is 4.40. The molecule has 8 heteroatoms. The Morgan fingerprint density at radius 2 is 2.07 bits per heavy atom. The third-order valence-electron chi connectivity index (χ3n) is 5.69. The predicted molar refractivity (Wildman–Crippen MR) is 114 cm³/mol. The molecule has 0 unspecified atom stereocenters. The van der Waals surface area contributed by atoms with E-state index in [1.807, 2.05) is 6.07 Å². The molecule has 2 aliphatic rings. The number of carbonyl (C=O) groups excluding carboxylic acids is 1. The topological polar surface area (TPSA) is 75.7 Å². The van der Waals surface area contributed by atoms with Gasteiger partial charge in [-0.1, -0.05) is 19.4 Å². The standard InChI is InChI=1S/C21H26N2O4S2/c1-2-15-6-7-19-16(12-15)13-20(28-19)21(24)22-17-4-3-5-18(14-17)29(25,26)23-8-10-27-11-9-23/h3-5,13-15H,2,6-12H2,1H3,(H,22,24)/t15-/m1/s1. The Labute approximate surface area is 175 Å². The molecule has 0 bridgehead atoms. The van der Waals surface area contributed by atoms with Crippen LogP contribution in [0, 0.1) is 5.92 Å². The van der Waals surface area contributed by atoms with Crippen molar-refractivity contribution < 1.29 is 17.9 Å². The second kappa shape index (κ2) is 8.55. The number of morpholine rings is 1. The lowest BCUT2D eigenvalue weighted by atomic mass is 9.87. The molecular formula is C21H26N2O4S2. The molecule has 1 aliphatic heterocycles. The molecule has 156 valence electrons. The normalized spacial score (nSPS) is 20.2. The van der Waals surface area contributed by atoms with Crippen molar-refractivity contribution in [3.05, 3.63) is 45.6 Å². The van der Waals surface area contributed by atoms with Gasteiger partial charge in [-0.2, -0.15) is 4.31 Å². The number of carbonyl (C=O) groups is 1. The molecule has 1 aromatic carbocycles. The van der Waals surface area contributed by atoms with Crippen molar-refractivity contribution in [2.75, 3.05) is 31.6 Å². The van der Waals surface area contributed by atoms with Gasteiger partial charge in [0.1, 0.15) is 0 Å². The Bertz CT molecular complexity index is 994. The molecule has 1 atom stereocenters. The highest BCUT2D eigenvalue weighted by Crippen LogP contribution is 2.34. The number of amides is 1. The van der Waals surface area contributed by atoms with Crippen LogP contribution in [-0.2, 0) is 27.6 Å². The predicted octanol–water partition coefficient (Wildman–Crippen LogP) is 3.54. The largest absolute Gasteiger partial charge is 0.379 e. The number of fused-ring (bicyclic) bond motifs is 1. The SMILES string of the molecule is CC[C@@H]1CCc2sc(C(=O)Nc3cccc(S(=O)(=O)N4CCOCC4)c3)cc2C1. The van der Waals surface area contributed by atoms with E-state index < -0.39 is 10.0 Å². The fourth-order valence-electron chi connectivity index (χ4n) is 3.92. The smallest absolute Gasteiger partial charge is 0.265 e. The second-order valence-electron chi connectivity index (χ2n) is 7.57. The molecule has 29 heavy (non-hydrogen) atoms. The lowest BCUT2D eigenvalue weighted by Crippen LogP contribution is -2.40.